The highest BCUT2D eigenvalue weighted by Gasteiger charge is 2.10. The van der Waals surface area contributed by atoms with E-state index >= 15 is 0 Å². The van der Waals surface area contributed by atoms with Crippen LogP contribution in [-0.4, -0.2) is 19.6 Å². The van der Waals surface area contributed by atoms with Crippen LogP contribution in [0.25, 0.3) is 0 Å². The van der Waals surface area contributed by atoms with Crippen LogP contribution in [0.2, 0.25) is 0 Å². The molecule has 0 aliphatic carbocycles. The van der Waals surface area contributed by atoms with Gasteiger partial charge in [-0.3, -0.25) is 0 Å². The number of hydrogen-bond donors (Lipinski definition) is 1. The van der Waals surface area contributed by atoms with Crippen molar-refractivity contribution in [3.8, 4) is 0 Å². The van der Waals surface area contributed by atoms with Crippen LogP contribution in [0, 0.1) is 5.92 Å². The summed E-state index contributed by atoms with van der Waals surface area (Å²) in [5.41, 5.74) is 0. The maximum Gasteiger partial charge on any atom is 0.373 e. The predicted molar refractivity (Wildman–Crippen MR) is 56.6 cm³/mol. The lowest BCUT2D eigenvalue weighted by Gasteiger charge is -2.04. The molecule has 0 atom stereocenters. The Bertz CT molecular complexity index is 317. The van der Waals surface area contributed by atoms with Gasteiger partial charge in [0, 0.05) is 0 Å². The van der Waals surface area contributed by atoms with Crippen LogP contribution in [-0.2, 0) is 11.3 Å². The minimum absolute atomic E-state index is 0.249. The molecule has 0 saturated heterocycles. The van der Waals surface area contributed by atoms with Crippen LogP contribution in [0.4, 0.5) is 0 Å². The third-order valence-electron chi connectivity index (χ3n) is 1.90. The van der Waals surface area contributed by atoms with E-state index in [4.69, 9.17) is 4.42 Å². The second kappa shape index (κ2) is 5.56. The van der Waals surface area contributed by atoms with E-state index in [0.29, 0.717) is 12.5 Å². The molecule has 4 nitrogen and oxygen atoms in total. The van der Waals surface area contributed by atoms with E-state index in [1.54, 1.807) is 12.1 Å². The molecule has 0 unspecified atom stereocenters. The highest BCUT2D eigenvalue weighted by Crippen LogP contribution is 2.08. The van der Waals surface area contributed by atoms with Gasteiger partial charge in [-0.15, -0.1) is 0 Å². The van der Waals surface area contributed by atoms with Crippen molar-refractivity contribution in [3.63, 3.8) is 0 Å². The maximum atomic E-state index is 11.1. The number of carbonyl (C=O) groups is 1. The fraction of sp³-hybridized carbons (Fsp3) is 0.545. The largest absolute Gasteiger partial charge is 0.463 e. The van der Waals surface area contributed by atoms with Gasteiger partial charge in [-0.05, 0) is 24.6 Å². The van der Waals surface area contributed by atoms with Gasteiger partial charge in [0.1, 0.15) is 5.76 Å². The van der Waals surface area contributed by atoms with E-state index < -0.39 is 5.97 Å². The van der Waals surface area contributed by atoms with E-state index in [-0.39, 0.29) is 5.76 Å². The van der Waals surface area contributed by atoms with Gasteiger partial charge in [0.05, 0.1) is 13.7 Å². The summed E-state index contributed by atoms with van der Waals surface area (Å²) < 4.78 is 9.82. The lowest BCUT2D eigenvalue weighted by Crippen LogP contribution is -2.18. The summed E-state index contributed by atoms with van der Waals surface area (Å²) in [6.07, 6.45) is 0. The van der Waals surface area contributed by atoms with Gasteiger partial charge in [0.25, 0.3) is 0 Å². The first-order valence-electron chi connectivity index (χ1n) is 5.01. The Morgan fingerprint density at radius 3 is 2.87 bits per heavy atom. The Morgan fingerprint density at radius 1 is 1.53 bits per heavy atom. The van der Waals surface area contributed by atoms with Gasteiger partial charge in [0.2, 0.25) is 5.76 Å². The molecule has 1 aromatic rings. The smallest absolute Gasteiger partial charge is 0.373 e. The Morgan fingerprint density at radius 2 is 2.27 bits per heavy atom. The fourth-order valence-corrected chi connectivity index (χ4v) is 1.17. The molecule has 0 radical (unpaired) electrons. The van der Waals surface area contributed by atoms with Crippen molar-refractivity contribution in [1.82, 2.24) is 5.32 Å². The average Bonchev–Trinajstić information content (AvgIpc) is 2.65. The normalized spacial score (nSPS) is 10.7. The molecule has 0 aliphatic rings. The third-order valence-corrected chi connectivity index (χ3v) is 1.90. The molecule has 0 saturated carbocycles. The summed E-state index contributed by atoms with van der Waals surface area (Å²) in [7, 11) is 1.33. The van der Waals surface area contributed by atoms with Crippen LogP contribution in [0.15, 0.2) is 16.5 Å². The molecule has 4 heteroatoms. The molecule has 0 amide bonds. The summed E-state index contributed by atoms with van der Waals surface area (Å²) in [5, 5.41) is 3.23. The molecular formula is C11H17NO3. The number of carbonyl (C=O) groups excluding carboxylic acids is 1. The van der Waals surface area contributed by atoms with Gasteiger partial charge in [-0.25, -0.2) is 4.79 Å². The zero-order valence-corrected chi connectivity index (χ0v) is 9.37. The Hall–Kier alpha value is -1.29. The molecule has 15 heavy (non-hydrogen) atoms. The van der Waals surface area contributed by atoms with E-state index in [1.807, 2.05) is 0 Å². The minimum Gasteiger partial charge on any atom is -0.463 e. The molecular weight excluding hydrogens is 194 g/mol. The highest BCUT2D eigenvalue weighted by atomic mass is 16.5. The first-order valence-corrected chi connectivity index (χ1v) is 5.01. The molecule has 1 heterocycles. The first-order chi connectivity index (χ1) is 7.13. The van der Waals surface area contributed by atoms with Crippen molar-refractivity contribution in [1.29, 1.82) is 0 Å². The molecule has 84 valence electrons. The minimum atomic E-state index is -0.440. The van der Waals surface area contributed by atoms with Crippen molar-refractivity contribution in [2.45, 2.75) is 20.4 Å². The van der Waals surface area contributed by atoms with E-state index in [9.17, 15) is 4.79 Å². The molecule has 1 N–H and O–H groups in total. The lowest BCUT2D eigenvalue weighted by molar-refractivity contribution is 0.0563. The quantitative estimate of drug-likeness (QED) is 0.755. The average molecular weight is 211 g/mol. The summed E-state index contributed by atoms with van der Waals surface area (Å²) in [6.45, 7) is 5.83. The molecule has 0 aromatic carbocycles. The SMILES string of the molecule is COC(=O)c1ccc(CNCC(C)C)o1. The number of furan rings is 1. The monoisotopic (exact) mass is 211 g/mol. The number of rotatable bonds is 5. The summed E-state index contributed by atoms with van der Waals surface area (Å²) in [5.74, 6) is 1.15. The van der Waals surface area contributed by atoms with Crippen molar-refractivity contribution in [2.75, 3.05) is 13.7 Å². The molecule has 0 spiro atoms. The Labute approximate surface area is 89.6 Å². The number of ether oxygens (including phenoxy) is 1. The topological polar surface area (TPSA) is 51.5 Å². The van der Waals surface area contributed by atoms with Crippen LogP contribution >= 0.6 is 0 Å². The van der Waals surface area contributed by atoms with E-state index in [1.165, 1.54) is 7.11 Å². The summed E-state index contributed by atoms with van der Waals surface area (Å²) in [4.78, 5) is 11.1. The highest BCUT2D eigenvalue weighted by molar-refractivity contribution is 5.86. The van der Waals surface area contributed by atoms with Gasteiger partial charge < -0.3 is 14.5 Å². The number of nitrogens with one attached hydrogen (secondary N) is 1. The van der Waals surface area contributed by atoms with Crippen LogP contribution < -0.4 is 5.32 Å². The molecule has 0 fully saturated rings. The molecule has 1 aromatic heterocycles. The summed E-state index contributed by atoms with van der Waals surface area (Å²) in [6, 6.07) is 3.40. The van der Waals surface area contributed by atoms with Crippen molar-refractivity contribution in [2.24, 2.45) is 5.92 Å². The zero-order chi connectivity index (χ0) is 11.3. The second-order valence-electron chi connectivity index (χ2n) is 3.78. The van der Waals surface area contributed by atoms with E-state index in [2.05, 4.69) is 23.9 Å². The van der Waals surface area contributed by atoms with Crippen molar-refractivity contribution < 1.29 is 13.9 Å². The van der Waals surface area contributed by atoms with Gasteiger partial charge in [-0.2, -0.15) is 0 Å². The molecule has 0 aliphatic heterocycles. The van der Waals surface area contributed by atoms with Crippen LogP contribution in [0.5, 0.6) is 0 Å². The van der Waals surface area contributed by atoms with E-state index in [0.717, 1.165) is 12.3 Å². The van der Waals surface area contributed by atoms with Crippen LogP contribution in [0.3, 0.4) is 0 Å². The Kier molecular flexibility index (Phi) is 4.37. The fourth-order valence-electron chi connectivity index (χ4n) is 1.17. The number of esters is 1. The maximum absolute atomic E-state index is 11.1. The summed E-state index contributed by atoms with van der Waals surface area (Å²) >= 11 is 0. The molecule has 1 rings (SSSR count). The van der Waals surface area contributed by atoms with Crippen molar-refractivity contribution in [3.05, 3.63) is 23.7 Å². The number of hydrogen-bond acceptors (Lipinski definition) is 4. The van der Waals surface area contributed by atoms with Gasteiger partial charge in [0.15, 0.2) is 0 Å². The second-order valence-corrected chi connectivity index (χ2v) is 3.78. The number of methoxy groups -OCH3 is 1. The van der Waals surface area contributed by atoms with Crippen molar-refractivity contribution >= 4 is 5.97 Å². The van der Waals surface area contributed by atoms with Gasteiger partial charge in [-0.1, -0.05) is 13.8 Å². The first kappa shape index (κ1) is 11.8. The predicted octanol–water partition coefficient (Wildman–Crippen LogP) is 1.81. The zero-order valence-electron chi connectivity index (χ0n) is 9.37. The molecule has 0 bridgehead atoms. The third kappa shape index (κ3) is 3.75. The van der Waals surface area contributed by atoms with Crippen LogP contribution in [0.1, 0.15) is 30.2 Å². The lowest BCUT2D eigenvalue weighted by atomic mass is 10.2. The standard InChI is InChI=1S/C11H17NO3/c1-8(2)6-12-7-9-4-5-10(15-9)11(13)14-3/h4-5,8,12H,6-7H2,1-3H3. The Balaban J connectivity index is 2.43. The van der Waals surface area contributed by atoms with Gasteiger partial charge >= 0.3 is 5.97 Å².